The van der Waals surface area contributed by atoms with Crippen molar-refractivity contribution in [2.45, 2.75) is 37.5 Å². The smallest absolute Gasteiger partial charge is 0.237 e. The van der Waals surface area contributed by atoms with Crippen molar-refractivity contribution >= 4 is 0 Å². The predicted molar refractivity (Wildman–Crippen MR) is 80.1 cm³/mol. The molecule has 110 valence electrons. The van der Waals surface area contributed by atoms with Crippen LogP contribution in [-0.4, -0.2) is 23.2 Å². The monoisotopic (exact) mass is 283 g/mol. The summed E-state index contributed by atoms with van der Waals surface area (Å²) in [5.41, 5.74) is 1.30. The first-order chi connectivity index (χ1) is 10.4. The molecule has 1 aliphatic carbocycles. The third-order valence-corrected chi connectivity index (χ3v) is 4.82. The molecule has 4 nitrogen and oxygen atoms in total. The summed E-state index contributed by atoms with van der Waals surface area (Å²) in [6.07, 6.45) is 5.68. The van der Waals surface area contributed by atoms with Gasteiger partial charge in [0.15, 0.2) is 5.82 Å². The molecule has 1 aliphatic heterocycles. The summed E-state index contributed by atoms with van der Waals surface area (Å²) in [5.74, 6) is 2.34. The Bertz CT molecular complexity index is 598. The largest absolute Gasteiger partial charge is 0.338 e. The quantitative estimate of drug-likeness (QED) is 0.937. The van der Waals surface area contributed by atoms with E-state index in [1.807, 2.05) is 0 Å². The van der Waals surface area contributed by atoms with Crippen molar-refractivity contribution in [1.82, 2.24) is 15.5 Å². The van der Waals surface area contributed by atoms with Crippen LogP contribution in [0.5, 0.6) is 0 Å². The lowest BCUT2D eigenvalue weighted by atomic mass is 9.95. The lowest BCUT2D eigenvalue weighted by Crippen LogP contribution is -2.31. The van der Waals surface area contributed by atoms with Gasteiger partial charge >= 0.3 is 0 Å². The average Bonchev–Trinajstić information content (AvgIpc) is 3.23. The molecule has 1 unspecified atom stereocenters. The number of benzene rings is 1. The number of hydrogen-bond donors (Lipinski definition) is 1. The summed E-state index contributed by atoms with van der Waals surface area (Å²) < 4.78 is 5.61. The second kappa shape index (κ2) is 5.26. The summed E-state index contributed by atoms with van der Waals surface area (Å²) in [6.45, 7) is 2.22. The first-order valence-corrected chi connectivity index (χ1v) is 7.96. The van der Waals surface area contributed by atoms with E-state index in [2.05, 4.69) is 40.8 Å². The molecule has 0 amide bonds. The summed E-state index contributed by atoms with van der Waals surface area (Å²) in [6, 6.07) is 10.6. The van der Waals surface area contributed by atoms with Crippen LogP contribution in [0.3, 0.4) is 0 Å². The molecule has 21 heavy (non-hydrogen) atoms. The van der Waals surface area contributed by atoms with Crippen LogP contribution in [0.2, 0.25) is 0 Å². The van der Waals surface area contributed by atoms with E-state index >= 15 is 0 Å². The van der Waals surface area contributed by atoms with E-state index in [0.29, 0.717) is 5.92 Å². The Hall–Kier alpha value is -1.68. The van der Waals surface area contributed by atoms with Crippen LogP contribution in [0.4, 0.5) is 0 Å². The first-order valence-electron chi connectivity index (χ1n) is 7.96. The third-order valence-electron chi connectivity index (χ3n) is 4.82. The minimum absolute atomic E-state index is 0.00265. The second-order valence-corrected chi connectivity index (χ2v) is 6.38. The molecule has 1 saturated carbocycles. The molecular weight excluding hydrogens is 262 g/mol. The number of nitrogens with zero attached hydrogens (tertiary/aromatic N) is 2. The first kappa shape index (κ1) is 13.0. The molecule has 1 saturated heterocycles. The highest BCUT2D eigenvalue weighted by molar-refractivity contribution is 5.37. The second-order valence-electron chi connectivity index (χ2n) is 6.38. The van der Waals surface area contributed by atoms with Gasteiger partial charge in [0.2, 0.25) is 5.89 Å². The van der Waals surface area contributed by atoms with Gasteiger partial charge in [0, 0.05) is 6.42 Å². The Labute approximate surface area is 124 Å². The number of aromatic nitrogens is 2. The van der Waals surface area contributed by atoms with Crippen LogP contribution in [0.1, 0.15) is 43.0 Å². The highest BCUT2D eigenvalue weighted by Gasteiger charge is 2.50. The van der Waals surface area contributed by atoms with Crippen LogP contribution in [0, 0.1) is 5.92 Å². The molecule has 1 atom stereocenters. The lowest BCUT2D eigenvalue weighted by molar-refractivity contribution is 0.341. The minimum Gasteiger partial charge on any atom is -0.338 e. The Kier molecular flexibility index (Phi) is 3.26. The zero-order valence-electron chi connectivity index (χ0n) is 12.2. The maximum absolute atomic E-state index is 5.61. The molecule has 1 aromatic carbocycles. The van der Waals surface area contributed by atoms with Gasteiger partial charge in [0.25, 0.3) is 0 Å². The third kappa shape index (κ3) is 2.48. The SMILES string of the molecule is c1ccc(C2(c3nc(CC4CCCNC4)no3)CC2)cc1. The predicted octanol–water partition coefficient (Wildman–Crippen LogP) is 2.69. The van der Waals surface area contributed by atoms with Gasteiger partial charge in [-0.05, 0) is 50.3 Å². The molecule has 2 aliphatic rings. The topological polar surface area (TPSA) is 51.0 Å². The van der Waals surface area contributed by atoms with Crippen molar-refractivity contribution in [3.63, 3.8) is 0 Å². The fraction of sp³-hybridized carbons (Fsp3) is 0.529. The van der Waals surface area contributed by atoms with E-state index in [-0.39, 0.29) is 5.41 Å². The Balaban J connectivity index is 1.52. The molecule has 1 N–H and O–H groups in total. The lowest BCUT2D eigenvalue weighted by Gasteiger charge is -2.21. The molecule has 2 heterocycles. The van der Waals surface area contributed by atoms with Crippen molar-refractivity contribution in [1.29, 1.82) is 0 Å². The summed E-state index contributed by atoms with van der Waals surface area (Å²) in [5, 5.41) is 7.67. The van der Waals surface area contributed by atoms with Gasteiger partial charge in [-0.2, -0.15) is 4.98 Å². The van der Waals surface area contributed by atoms with Crippen LogP contribution < -0.4 is 5.32 Å². The Morgan fingerprint density at radius 2 is 2.10 bits per heavy atom. The van der Waals surface area contributed by atoms with Gasteiger partial charge in [-0.3, -0.25) is 0 Å². The van der Waals surface area contributed by atoms with Crippen LogP contribution in [0.15, 0.2) is 34.9 Å². The molecule has 2 fully saturated rings. The zero-order chi connectivity index (χ0) is 14.1. The molecule has 4 heteroatoms. The van der Waals surface area contributed by atoms with Gasteiger partial charge in [-0.1, -0.05) is 35.5 Å². The minimum atomic E-state index is -0.00265. The van der Waals surface area contributed by atoms with Gasteiger partial charge in [-0.25, -0.2) is 0 Å². The normalized spacial score (nSPS) is 23.9. The van der Waals surface area contributed by atoms with Crippen molar-refractivity contribution in [2.75, 3.05) is 13.1 Å². The maximum Gasteiger partial charge on any atom is 0.237 e. The molecule has 0 spiro atoms. The summed E-state index contributed by atoms with van der Waals surface area (Å²) in [7, 11) is 0. The Morgan fingerprint density at radius 1 is 1.24 bits per heavy atom. The van der Waals surface area contributed by atoms with Crippen LogP contribution in [0.25, 0.3) is 0 Å². The van der Waals surface area contributed by atoms with Crippen molar-refractivity contribution in [2.24, 2.45) is 5.92 Å². The van der Waals surface area contributed by atoms with Gasteiger partial charge < -0.3 is 9.84 Å². The molecule has 2 aromatic rings. The van der Waals surface area contributed by atoms with E-state index < -0.39 is 0 Å². The standard InChI is InChI=1S/C17H21N3O/c1-2-6-14(7-3-1)17(8-9-17)16-19-15(20-21-16)11-13-5-4-10-18-12-13/h1-3,6-7,13,18H,4-5,8-12H2. The molecule has 1 aromatic heterocycles. The maximum atomic E-state index is 5.61. The molecule has 4 rings (SSSR count). The van der Waals surface area contributed by atoms with E-state index in [1.165, 1.54) is 18.4 Å². The number of hydrogen-bond acceptors (Lipinski definition) is 4. The van der Waals surface area contributed by atoms with Gasteiger partial charge in [0.1, 0.15) is 0 Å². The molecule has 0 bridgehead atoms. The highest BCUT2D eigenvalue weighted by atomic mass is 16.5. The average molecular weight is 283 g/mol. The molecular formula is C17H21N3O. The zero-order valence-corrected chi connectivity index (χ0v) is 12.2. The van der Waals surface area contributed by atoms with Crippen molar-refractivity contribution in [3.8, 4) is 0 Å². The fourth-order valence-electron chi connectivity index (χ4n) is 3.40. The Morgan fingerprint density at radius 3 is 2.81 bits per heavy atom. The van der Waals surface area contributed by atoms with Gasteiger partial charge in [0.05, 0.1) is 5.41 Å². The number of nitrogens with one attached hydrogen (secondary N) is 1. The fourth-order valence-corrected chi connectivity index (χ4v) is 3.40. The van der Waals surface area contributed by atoms with Crippen LogP contribution in [-0.2, 0) is 11.8 Å². The van der Waals surface area contributed by atoms with E-state index in [0.717, 1.165) is 44.1 Å². The summed E-state index contributed by atoms with van der Waals surface area (Å²) >= 11 is 0. The van der Waals surface area contributed by atoms with Crippen molar-refractivity contribution in [3.05, 3.63) is 47.6 Å². The van der Waals surface area contributed by atoms with E-state index in [4.69, 9.17) is 9.51 Å². The van der Waals surface area contributed by atoms with E-state index in [9.17, 15) is 0 Å². The van der Waals surface area contributed by atoms with Gasteiger partial charge in [-0.15, -0.1) is 0 Å². The molecule has 0 radical (unpaired) electrons. The van der Waals surface area contributed by atoms with Crippen molar-refractivity contribution < 1.29 is 4.52 Å². The summed E-state index contributed by atoms with van der Waals surface area (Å²) in [4.78, 5) is 4.71. The number of rotatable bonds is 4. The highest BCUT2D eigenvalue weighted by Crippen LogP contribution is 2.52. The van der Waals surface area contributed by atoms with E-state index in [1.54, 1.807) is 0 Å². The number of piperidine rings is 1. The van der Waals surface area contributed by atoms with Crippen LogP contribution >= 0.6 is 0 Å².